The van der Waals surface area contributed by atoms with Gasteiger partial charge in [0.15, 0.2) is 6.10 Å². The highest BCUT2D eigenvalue weighted by atomic mass is 16.5. The molecule has 1 N–H and O–H groups in total. The van der Waals surface area contributed by atoms with Crippen LogP contribution in [0.4, 0.5) is 5.95 Å². The lowest BCUT2D eigenvalue weighted by Gasteiger charge is -2.33. The van der Waals surface area contributed by atoms with E-state index < -0.39 is 12.1 Å². The van der Waals surface area contributed by atoms with Gasteiger partial charge in [-0.15, -0.1) is 0 Å². The summed E-state index contributed by atoms with van der Waals surface area (Å²) in [4.78, 5) is 23.4. The van der Waals surface area contributed by atoms with Crippen molar-refractivity contribution in [1.29, 1.82) is 0 Å². The summed E-state index contributed by atoms with van der Waals surface area (Å²) in [6.07, 6.45) is 0.310. The highest BCUT2D eigenvalue weighted by molar-refractivity contribution is 5.93. The highest BCUT2D eigenvalue weighted by Gasteiger charge is 2.31. The van der Waals surface area contributed by atoms with Crippen molar-refractivity contribution in [3.05, 3.63) is 54.6 Å². The van der Waals surface area contributed by atoms with Crippen LogP contribution in [0.5, 0.6) is 0 Å². The molecule has 28 heavy (non-hydrogen) atoms. The Morgan fingerprint density at radius 1 is 1.07 bits per heavy atom. The van der Waals surface area contributed by atoms with Gasteiger partial charge >= 0.3 is 5.97 Å². The first-order chi connectivity index (χ1) is 13.7. The fourth-order valence-corrected chi connectivity index (χ4v) is 3.75. The molecular formula is C22H23N3O3. The number of carbonyl (C=O) groups excluding carboxylic acids is 1. The fourth-order valence-electron chi connectivity index (χ4n) is 3.75. The zero-order valence-corrected chi connectivity index (χ0v) is 15.8. The van der Waals surface area contributed by atoms with Crippen molar-refractivity contribution < 1.29 is 14.6 Å². The number of para-hydroxylation sites is 1. The maximum Gasteiger partial charge on any atom is 0.334 e. The number of rotatable bonds is 4. The molecule has 0 bridgehead atoms. The molecule has 0 amide bonds. The predicted octanol–water partition coefficient (Wildman–Crippen LogP) is 3.05. The molecule has 144 valence electrons. The number of piperidine rings is 1. The quantitative estimate of drug-likeness (QED) is 0.705. The van der Waals surface area contributed by atoms with Gasteiger partial charge in [-0.3, -0.25) is 0 Å². The Morgan fingerprint density at radius 3 is 2.46 bits per heavy atom. The first-order valence-corrected chi connectivity index (χ1v) is 9.50. The third-order valence-electron chi connectivity index (χ3n) is 5.35. The number of carbonyl (C=O) groups is 1. The first-order valence-electron chi connectivity index (χ1n) is 9.50. The van der Waals surface area contributed by atoms with Crippen LogP contribution in [0.15, 0.2) is 54.6 Å². The maximum atomic E-state index is 11.6. The fraction of sp³-hybridized carbons (Fsp3) is 0.318. The molecule has 0 aliphatic carbocycles. The Morgan fingerprint density at radius 2 is 1.75 bits per heavy atom. The van der Waals surface area contributed by atoms with E-state index in [-0.39, 0.29) is 5.92 Å². The summed E-state index contributed by atoms with van der Waals surface area (Å²) in [5.41, 5.74) is 2.87. The summed E-state index contributed by atoms with van der Waals surface area (Å²) in [6, 6.07) is 18.1. The van der Waals surface area contributed by atoms with E-state index >= 15 is 0 Å². The van der Waals surface area contributed by atoms with E-state index in [2.05, 4.69) is 21.8 Å². The number of aliphatic hydroxyl groups excluding tert-OH is 1. The molecule has 1 aromatic heterocycles. The molecule has 0 saturated carbocycles. The molecule has 1 fully saturated rings. The lowest BCUT2D eigenvalue weighted by Crippen LogP contribution is -2.41. The second-order valence-corrected chi connectivity index (χ2v) is 7.05. The van der Waals surface area contributed by atoms with E-state index in [1.807, 2.05) is 42.5 Å². The minimum atomic E-state index is -1.07. The Labute approximate surface area is 163 Å². The van der Waals surface area contributed by atoms with Gasteiger partial charge in [0.1, 0.15) is 0 Å². The van der Waals surface area contributed by atoms with Gasteiger partial charge < -0.3 is 14.7 Å². The second kappa shape index (κ2) is 7.94. The van der Waals surface area contributed by atoms with Crippen LogP contribution in [0.3, 0.4) is 0 Å². The Balaban J connectivity index is 1.63. The number of hydrogen-bond acceptors (Lipinski definition) is 6. The van der Waals surface area contributed by atoms with Gasteiger partial charge in [-0.25, -0.2) is 14.8 Å². The van der Waals surface area contributed by atoms with E-state index in [1.54, 1.807) is 0 Å². The van der Waals surface area contributed by atoms with Gasteiger partial charge in [0.2, 0.25) is 5.95 Å². The molecule has 3 aromatic rings. The van der Waals surface area contributed by atoms with Crippen LogP contribution in [0.2, 0.25) is 0 Å². The normalized spacial score (nSPS) is 16.1. The van der Waals surface area contributed by atoms with Crippen LogP contribution in [0.1, 0.15) is 12.8 Å². The first kappa shape index (κ1) is 18.4. The average molecular weight is 377 g/mol. The molecule has 4 rings (SSSR count). The van der Waals surface area contributed by atoms with Gasteiger partial charge in [-0.2, -0.15) is 0 Å². The molecule has 0 radical (unpaired) electrons. The Hall–Kier alpha value is -2.99. The highest BCUT2D eigenvalue weighted by Crippen LogP contribution is 2.30. The van der Waals surface area contributed by atoms with Crippen molar-refractivity contribution in [2.24, 2.45) is 5.92 Å². The molecule has 2 aromatic carbocycles. The van der Waals surface area contributed by atoms with E-state index in [0.29, 0.717) is 31.9 Å². The summed E-state index contributed by atoms with van der Waals surface area (Å²) in [5.74, 6) is 0.0214. The van der Waals surface area contributed by atoms with Gasteiger partial charge in [0.25, 0.3) is 0 Å². The zero-order chi connectivity index (χ0) is 19.5. The molecule has 2 heterocycles. The number of aromatic nitrogens is 2. The summed E-state index contributed by atoms with van der Waals surface area (Å²) < 4.78 is 4.66. The number of benzene rings is 2. The van der Waals surface area contributed by atoms with Gasteiger partial charge in [0, 0.05) is 24.0 Å². The number of anilines is 1. The summed E-state index contributed by atoms with van der Waals surface area (Å²) in [5, 5.41) is 11.1. The van der Waals surface area contributed by atoms with Crippen molar-refractivity contribution in [2.45, 2.75) is 18.9 Å². The Bertz CT molecular complexity index is 969. The standard InChI is InChI=1S/C22H23N3O3/c1-28-21(27)20(26)16-11-13-25(14-12-16)22-23-18-10-6-5-9-17(18)19(24-22)15-7-3-2-4-8-15/h2-10,16,20,26H,11-14H2,1H3. The lowest BCUT2D eigenvalue weighted by molar-refractivity contribution is -0.153. The van der Waals surface area contributed by atoms with Crippen LogP contribution >= 0.6 is 0 Å². The van der Waals surface area contributed by atoms with Crippen molar-refractivity contribution in [2.75, 3.05) is 25.1 Å². The third-order valence-corrected chi connectivity index (χ3v) is 5.35. The number of aliphatic hydroxyl groups is 1. The minimum absolute atomic E-state index is 0.0993. The van der Waals surface area contributed by atoms with Crippen LogP contribution in [-0.4, -0.2) is 47.3 Å². The molecule has 1 aliphatic heterocycles. The van der Waals surface area contributed by atoms with Crippen LogP contribution in [-0.2, 0) is 9.53 Å². The minimum Gasteiger partial charge on any atom is -0.467 e. The second-order valence-electron chi connectivity index (χ2n) is 7.05. The van der Waals surface area contributed by atoms with Crippen molar-refractivity contribution in [3.63, 3.8) is 0 Å². The topological polar surface area (TPSA) is 75.6 Å². The van der Waals surface area contributed by atoms with Crippen LogP contribution in [0, 0.1) is 5.92 Å². The third kappa shape index (κ3) is 3.55. The number of methoxy groups -OCH3 is 1. The maximum absolute atomic E-state index is 11.6. The number of nitrogens with zero attached hydrogens (tertiary/aromatic N) is 3. The van der Waals surface area contributed by atoms with Gasteiger partial charge in [0.05, 0.1) is 18.3 Å². The molecule has 6 nitrogen and oxygen atoms in total. The number of ether oxygens (including phenoxy) is 1. The van der Waals surface area contributed by atoms with Crippen molar-refractivity contribution in [3.8, 4) is 11.3 Å². The van der Waals surface area contributed by atoms with Crippen molar-refractivity contribution >= 4 is 22.8 Å². The van der Waals surface area contributed by atoms with Crippen LogP contribution < -0.4 is 4.90 Å². The van der Waals surface area contributed by atoms with Crippen LogP contribution in [0.25, 0.3) is 22.2 Å². The monoisotopic (exact) mass is 377 g/mol. The SMILES string of the molecule is COC(=O)C(O)C1CCN(c2nc(-c3ccccc3)c3ccccc3n2)CC1. The molecule has 1 aliphatic rings. The molecular weight excluding hydrogens is 354 g/mol. The predicted molar refractivity (Wildman–Crippen MR) is 108 cm³/mol. The molecule has 1 unspecified atom stereocenters. The summed E-state index contributed by atoms with van der Waals surface area (Å²) >= 11 is 0. The molecule has 0 spiro atoms. The average Bonchev–Trinajstić information content (AvgIpc) is 2.78. The van der Waals surface area contributed by atoms with Crippen molar-refractivity contribution in [1.82, 2.24) is 9.97 Å². The molecule has 1 atom stereocenters. The van der Waals surface area contributed by atoms with E-state index in [4.69, 9.17) is 9.97 Å². The smallest absolute Gasteiger partial charge is 0.334 e. The lowest BCUT2D eigenvalue weighted by atomic mass is 9.91. The van der Waals surface area contributed by atoms with E-state index in [0.717, 1.165) is 22.2 Å². The number of hydrogen-bond donors (Lipinski definition) is 1. The largest absolute Gasteiger partial charge is 0.467 e. The molecule has 6 heteroatoms. The van der Waals surface area contributed by atoms with E-state index in [1.165, 1.54) is 7.11 Å². The van der Waals surface area contributed by atoms with Gasteiger partial charge in [-0.05, 0) is 24.8 Å². The number of esters is 1. The Kier molecular flexibility index (Phi) is 5.21. The van der Waals surface area contributed by atoms with E-state index in [9.17, 15) is 9.90 Å². The zero-order valence-electron chi connectivity index (χ0n) is 15.8. The summed E-state index contributed by atoms with van der Waals surface area (Å²) in [6.45, 7) is 1.37. The summed E-state index contributed by atoms with van der Waals surface area (Å²) in [7, 11) is 1.30. The van der Waals surface area contributed by atoms with Gasteiger partial charge in [-0.1, -0.05) is 48.5 Å². The number of fused-ring (bicyclic) bond motifs is 1. The molecule has 1 saturated heterocycles.